The van der Waals surface area contributed by atoms with Crippen molar-refractivity contribution in [3.63, 3.8) is 0 Å². The first-order valence-corrected chi connectivity index (χ1v) is 8.08. The zero-order chi connectivity index (χ0) is 14.4. The van der Waals surface area contributed by atoms with Gasteiger partial charge in [0, 0.05) is 32.0 Å². The average Bonchev–Trinajstić information content (AvgIpc) is 3.05. The lowest BCUT2D eigenvalue weighted by Gasteiger charge is -2.21. The highest BCUT2D eigenvalue weighted by Gasteiger charge is 2.22. The van der Waals surface area contributed by atoms with Crippen LogP contribution in [0.3, 0.4) is 0 Å². The number of aromatic nitrogens is 2. The van der Waals surface area contributed by atoms with E-state index in [4.69, 9.17) is 4.74 Å². The zero-order valence-corrected chi connectivity index (χ0v) is 13.2. The second kappa shape index (κ2) is 7.67. The molecule has 1 unspecified atom stereocenters. The summed E-state index contributed by atoms with van der Waals surface area (Å²) in [5.74, 6) is 1.84. The first-order valence-electron chi connectivity index (χ1n) is 8.08. The molecule has 0 saturated heterocycles. The van der Waals surface area contributed by atoms with E-state index in [0.29, 0.717) is 6.04 Å². The number of hydrogen-bond donors (Lipinski definition) is 1. The molecule has 1 saturated carbocycles. The molecule has 0 aromatic carbocycles. The predicted octanol–water partition coefficient (Wildman–Crippen LogP) is 3.61. The standard InChI is InChI=1S/C16H29N3O/c1-4-20-11-7-10-19-12-13(2)17-16(19)18-14(3)15-8-5-6-9-15/h12,14-15H,4-11H2,1-3H3,(H,17,18). The Bertz CT molecular complexity index is 396. The van der Waals surface area contributed by atoms with Crippen LogP contribution < -0.4 is 5.32 Å². The Morgan fingerprint density at radius 2 is 2.20 bits per heavy atom. The predicted molar refractivity (Wildman–Crippen MR) is 83.1 cm³/mol. The molecule has 20 heavy (non-hydrogen) atoms. The summed E-state index contributed by atoms with van der Waals surface area (Å²) in [6.45, 7) is 8.99. The molecule has 0 spiro atoms. The lowest BCUT2D eigenvalue weighted by molar-refractivity contribution is 0.142. The van der Waals surface area contributed by atoms with Gasteiger partial charge in [-0.2, -0.15) is 0 Å². The summed E-state index contributed by atoms with van der Waals surface area (Å²) in [5.41, 5.74) is 1.09. The summed E-state index contributed by atoms with van der Waals surface area (Å²) in [5, 5.41) is 3.63. The molecule has 0 amide bonds. The van der Waals surface area contributed by atoms with Crippen molar-refractivity contribution in [3.05, 3.63) is 11.9 Å². The minimum atomic E-state index is 0.518. The zero-order valence-electron chi connectivity index (χ0n) is 13.2. The molecule has 1 aromatic heterocycles. The lowest BCUT2D eigenvalue weighted by atomic mass is 10.0. The second-order valence-electron chi connectivity index (χ2n) is 5.93. The summed E-state index contributed by atoms with van der Waals surface area (Å²) in [6.07, 6.45) is 8.67. The van der Waals surface area contributed by atoms with Crippen LogP contribution in [-0.4, -0.2) is 28.8 Å². The van der Waals surface area contributed by atoms with Gasteiger partial charge in [0.2, 0.25) is 5.95 Å². The molecule has 1 aliphatic carbocycles. The first-order chi connectivity index (χ1) is 9.70. The van der Waals surface area contributed by atoms with E-state index >= 15 is 0 Å². The topological polar surface area (TPSA) is 39.1 Å². The van der Waals surface area contributed by atoms with E-state index in [-0.39, 0.29) is 0 Å². The number of nitrogens with zero attached hydrogens (tertiary/aromatic N) is 2. The smallest absolute Gasteiger partial charge is 0.203 e. The molecule has 114 valence electrons. The summed E-state index contributed by atoms with van der Waals surface area (Å²) in [4.78, 5) is 4.63. The van der Waals surface area contributed by atoms with E-state index in [1.807, 2.05) is 6.92 Å². The Morgan fingerprint density at radius 1 is 1.45 bits per heavy atom. The maximum Gasteiger partial charge on any atom is 0.203 e. The molecule has 4 heteroatoms. The summed E-state index contributed by atoms with van der Waals surface area (Å²) in [7, 11) is 0. The molecule has 0 bridgehead atoms. The molecule has 0 aliphatic heterocycles. The highest BCUT2D eigenvalue weighted by Crippen LogP contribution is 2.29. The molecule has 0 radical (unpaired) electrons. The Labute approximate surface area is 122 Å². The summed E-state index contributed by atoms with van der Waals surface area (Å²) in [6, 6.07) is 0.518. The van der Waals surface area contributed by atoms with Crippen LogP contribution in [0, 0.1) is 12.8 Å². The van der Waals surface area contributed by atoms with Crippen molar-refractivity contribution in [2.24, 2.45) is 5.92 Å². The maximum atomic E-state index is 5.41. The van der Waals surface area contributed by atoms with Crippen LogP contribution >= 0.6 is 0 Å². The highest BCUT2D eigenvalue weighted by molar-refractivity contribution is 5.30. The number of ether oxygens (including phenoxy) is 1. The van der Waals surface area contributed by atoms with Gasteiger partial charge in [-0.05, 0) is 46.0 Å². The Kier molecular flexibility index (Phi) is 5.89. The van der Waals surface area contributed by atoms with Crippen molar-refractivity contribution in [3.8, 4) is 0 Å². The van der Waals surface area contributed by atoms with Gasteiger partial charge in [0.05, 0.1) is 5.69 Å². The number of rotatable bonds is 8. The van der Waals surface area contributed by atoms with Gasteiger partial charge in [0.25, 0.3) is 0 Å². The number of nitrogens with one attached hydrogen (secondary N) is 1. The van der Waals surface area contributed by atoms with Crippen LogP contribution in [0.4, 0.5) is 5.95 Å². The molecule has 4 nitrogen and oxygen atoms in total. The lowest BCUT2D eigenvalue weighted by Crippen LogP contribution is -2.25. The molecule has 1 fully saturated rings. The fourth-order valence-electron chi connectivity index (χ4n) is 3.09. The van der Waals surface area contributed by atoms with Gasteiger partial charge >= 0.3 is 0 Å². The number of hydrogen-bond acceptors (Lipinski definition) is 3. The van der Waals surface area contributed by atoms with E-state index in [9.17, 15) is 0 Å². The van der Waals surface area contributed by atoms with Crippen molar-refractivity contribution in [2.75, 3.05) is 18.5 Å². The molecule has 1 heterocycles. The molecular formula is C16H29N3O. The third kappa shape index (κ3) is 4.23. The van der Waals surface area contributed by atoms with Crippen LogP contribution in [0.5, 0.6) is 0 Å². The number of imidazole rings is 1. The SMILES string of the molecule is CCOCCCn1cc(C)nc1NC(C)C1CCCC1. The largest absolute Gasteiger partial charge is 0.382 e. The quantitative estimate of drug-likeness (QED) is 0.739. The van der Waals surface area contributed by atoms with E-state index in [1.165, 1.54) is 25.7 Å². The van der Waals surface area contributed by atoms with Crippen LogP contribution in [-0.2, 0) is 11.3 Å². The van der Waals surface area contributed by atoms with Crippen molar-refractivity contribution < 1.29 is 4.74 Å². The van der Waals surface area contributed by atoms with Crippen LogP contribution in [0.2, 0.25) is 0 Å². The number of anilines is 1. The normalized spacial score (nSPS) is 17.6. The van der Waals surface area contributed by atoms with E-state index in [1.54, 1.807) is 0 Å². The second-order valence-corrected chi connectivity index (χ2v) is 5.93. The van der Waals surface area contributed by atoms with Gasteiger partial charge in [-0.3, -0.25) is 0 Å². The highest BCUT2D eigenvalue weighted by atomic mass is 16.5. The fourth-order valence-corrected chi connectivity index (χ4v) is 3.09. The molecule has 1 atom stereocenters. The molecule has 1 aromatic rings. The molecular weight excluding hydrogens is 250 g/mol. The maximum absolute atomic E-state index is 5.41. The van der Waals surface area contributed by atoms with Crippen LogP contribution in [0.25, 0.3) is 0 Å². The van der Waals surface area contributed by atoms with Gasteiger partial charge in [-0.15, -0.1) is 0 Å². The Hall–Kier alpha value is -1.03. The van der Waals surface area contributed by atoms with Gasteiger partial charge in [-0.25, -0.2) is 4.98 Å². The van der Waals surface area contributed by atoms with Crippen LogP contribution in [0.15, 0.2) is 6.20 Å². The minimum Gasteiger partial charge on any atom is -0.382 e. The first kappa shape index (κ1) is 15.4. The fraction of sp³-hybridized carbons (Fsp3) is 0.812. The minimum absolute atomic E-state index is 0.518. The van der Waals surface area contributed by atoms with E-state index < -0.39 is 0 Å². The van der Waals surface area contributed by atoms with Crippen LogP contribution in [0.1, 0.15) is 51.6 Å². The van der Waals surface area contributed by atoms with Crippen molar-refractivity contribution in [1.82, 2.24) is 9.55 Å². The van der Waals surface area contributed by atoms with Gasteiger partial charge < -0.3 is 14.6 Å². The summed E-state index contributed by atoms with van der Waals surface area (Å²) >= 11 is 0. The van der Waals surface area contributed by atoms with Crippen molar-refractivity contribution in [2.45, 2.75) is 65.5 Å². The summed E-state index contributed by atoms with van der Waals surface area (Å²) < 4.78 is 7.65. The van der Waals surface area contributed by atoms with Gasteiger partial charge in [-0.1, -0.05) is 12.8 Å². The van der Waals surface area contributed by atoms with Crippen molar-refractivity contribution in [1.29, 1.82) is 0 Å². The number of aryl methyl sites for hydroxylation is 2. The van der Waals surface area contributed by atoms with Gasteiger partial charge in [0.15, 0.2) is 0 Å². The van der Waals surface area contributed by atoms with E-state index in [0.717, 1.165) is 43.7 Å². The monoisotopic (exact) mass is 279 g/mol. The van der Waals surface area contributed by atoms with Crippen molar-refractivity contribution >= 4 is 5.95 Å². The molecule has 1 N–H and O–H groups in total. The third-order valence-electron chi connectivity index (χ3n) is 4.25. The Balaban J connectivity index is 1.89. The van der Waals surface area contributed by atoms with E-state index in [2.05, 4.69) is 34.9 Å². The molecule has 2 rings (SSSR count). The Morgan fingerprint density at radius 3 is 2.90 bits per heavy atom. The van der Waals surface area contributed by atoms with Gasteiger partial charge in [0.1, 0.15) is 0 Å². The third-order valence-corrected chi connectivity index (χ3v) is 4.25. The molecule has 1 aliphatic rings. The average molecular weight is 279 g/mol.